The van der Waals surface area contributed by atoms with Crippen LogP contribution in [0.15, 0.2) is 0 Å². The van der Waals surface area contributed by atoms with E-state index in [1.165, 1.54) is 7.11 Å². The van der Waals surface area contributed by atoms with Crippen molar-refractivity contribution in [1.29, 1.82) is 0 Å². The summed E-state index contributed by atoms with van der Waals surface area (Å²) in [6.45, 7) is 2.29. The minimum atomic E-state index is -0.883. The highest BCUT2D eigenvalue weighted by Crippen LogP contribution is 1.92. The van der Waals surface area contributed by atoms with Gasteiger partial charge in [0.1, 0.15) is 0 Å². The van der Waals surface area contributed by atoms with E-state index in [1.54, 1.807) is 5.01 Å². The Morgan fingerprint density at radius 1 is 1.38 bits per heavy atom. The minimum absolute atomic E-state index is 0.557. The molecule has 0 spiro atoms. The molecule has 0 aromatic heterocycles. The third kappa shape index (κ3) is 3.00. The first-order chi connectivity index (χ1) is 6.24. The summed E-state index contributed by atoms with van der Waals surface area (Å²) in [5.41, 5.74) is 2.41. The Labute approximate surface area is 75.8 Å². The summed E-state index contributed by atoms with van der Waals surface area (Å²) >= 11 is 0. The summed E-state index contributed by atoms with van der Waals surface area (Å²) in [5.74, 6) is -1.63. The number of nitrogens with one attached hydrogen (secondary N) is 1. The molecule has 0 bridgehead atoms. The summed E-state index contributed by atoms with van der Waals surface area (Å²) in [6, 6.07) is 0. The van der Waals surface area contributed by atoms with Crippen molar-refractivity contribution in [3.05, 3.63) is 0 Å². The maximum absolute atomic E-state index is 11.0. The summed E-state index contributed by atoms with van der Waals surface area (Å²) in [6.07, 6.45) is 0. The van der Waals surface area contributed by atoms with E-state index in [0.29, 0.717) is 26.3 Å². The van der Waals surface area contributed by atoms with Crippen LogP contribution in [0.25, 0.3) is 0 Å². The molecule has 6 heteroatoms. The lowest BCUT2D eigenvalue weighted by atomic mass is 10.5. The third-order valence-corrected chi connectivity index (χ3v) is 1.64. The number of hydrogen-bond donors (Lipinski definition) is 1. The quantitative estimate of drug-likeness (QED) is 0.401. The van der Waals surface area contributed by atoms with Gasteiger partial charge in [0.2, 0.25) is 0 Å². The van der Waals surface area contributed by atoms with E-state index in [4.69, 9.17) is 4.74 Å². The summed E-state index contributed by atoms with van der Waals surface area (Å²) in [4.78, 5) is 21.7. The van der Waals surface area contributed by atoms with Crippen molar-refractivity contribution in [3.8, 4) is 0 Å². The van der Waals surface area contributed by atoms with E-state index >= 15 is 0 Å². The zero-order valence-corrected chi connectivity index (χ0v) is 7.41. The van der Waals surface area contributed by atoms with Crippen molar-refractivity contribution < 1.29 is 19.1 Å². The molecule has 0 radical (unpaired) electrons. The molecule has 0 aliphatic carbocycles. The molecule has 74 valence electrons. The summed E-state index contributed by atoms with van der Waals surface area (Å²) in [5, 5.41) is 1.63. The molecule has 1 amide bonds. The van der Waals surface area contributed by atoms with Crippen LogP contribution in [0.3, 0.4) is 0 Å². The fourth-order valence-electron chi connectivity index (χ4n) is 0.957. The number of hydrogen-bond acceptors (Lipinski definition) is 5. The van der Waals surface area contributed by atoms with Crippen molar-refractivity contribution in [2.24, 2.45) is 0 Å². The van der Waals surface area contributed by atoms with Gasteiger partial charge in [-0.15, -0.1) is 0 Å². The van der Waals surface area contributed by atoms with Gasteiger partial charge in [-0.25, -0.2) is 9.80 Å². The van der Waals surface area contributed by atoms with Gasteiger partial charge in [-0.2, -0.15) is 0 Å². The molecule has 1 aliphatic rings. The van der Waals surface area contributed by atoms with Crippen LogP contribution in [0, 0.1) is 0 Å². The first kappa shape index (κ1) is 9.94. The van der Waals surface area contributed by atoms with Crippen molar-refractivity contribution >= 4 is 11.9 Å². The van der Waals surface area contributed by atoms with E-state index in [0.717, 1.165) is 0 Å². The number of ether oxygens (including phenoxy) is 2. The number of esters is 1. The molecule has 6 nitrogen and oxygen atoms in total. The van der Waals surface area contributed by atoms with Crippen LogP contribution in [0.2, 0.25) is 0 Å². The average molecular weight is 188 g/mol. The number of hydrazine groups is 1. The number of morpholine rings is 1. The van der Waals surface area contributed by atoms with Gasteiger partial charge in [-0.1, -0.05) is 0 Å². The van der Waals surface area contributed by atoms with Crippen LogP contribution in [0.1, 0.15) is 0 Å². The third-order valence-electron chi connectivity index (χ3n) is 1.64. The molecule has 13 heavy (non-hydrogen) atoms. The molecule has 1 heterocycles. The van der Waals surface area contributed by atoms with Gasteiger partial charge in [0.15, 0.2) is 0 Å². The topological polar surface area (TPSA) is 67.9 Å². The van der Waals surface area contributed by atoms with Crippen LogP contribution < -0.4 is 5.43 Å². The molecule has 0 unspecified atom stereocenters. The van der Waals surface area contributed by atoms with Gasteiger partial charge in [-0.05, 0) is 0 Å². The second-order valence-electron chi connectivity index (χ2n) is 2.53. The van der Waals surface area contributed by atoms with Gasteiger partial charge in [0, 0.05) is 13.1 Å². The molecule has 0 atom stereocenters. The van der Waals surface area contributed by atoms with Gasteiger partial charge < -0.3 is 9.47 Å². The van der Waals surface area contributed by atoms with Crippen LogP contribution in [0.5, 0.6) is 0 Å². The standard InChI is InChI=1S/C7H12N2O4/c1-12-7(11)6(10)8-9-2-4-13-5-3-9/h2-5H2,1H3,(H,8,10). The zero-order valence-electron chi connectivity index (χ0n) is 7.41. The maximum Gasteiger partial charge on any atom is 0.397 e. The first-order valence-electron chi connectivity index (χ1n) is 3.95. The van der Waals surface area contributed by atoms with E-state index in [9.17, 15) is 9.59 Å². The van der Waals surface area contributed by atoms with Crippen molar-refractivity contribution in [3.63, 3.8) is 0 Å². The number of carbonyl (C=O) groups is 2. The van der Waals surface area contributed by atoms with Crippen LogP contribution in [-0.2, 0) is 19.1 Å². The van der Waals surface area contributed by atoms with Gasteiger partial charge in [0.05, 0.1) is 20.3 Å². The number of nitrogens with zero attached hydrogens (tertiary/aromatic N) is 1. The van der Waals surface area contributed by atoms with E-state index in [-0.39, 0.29) is 0 Å². The fraction of sp³-hybridized carbons (Fsp3) is 0.714. The molecular formula is C7H12N2O4. The molecule has 0 aromatic carbocycles. The summed E-state index contributed by atoms with van der Waals surface area (Å²) in [7, 11) is 1.17. The Hall–Kier alpha value is -1.14. The van der Waals surface area contributed by atoms with Gasteiger partial charge in [-0.3, -0.25) is 10.2 Å². The highest BCUT2D eigenvalue weighted by atomic mass is 16.5. The Morgan fingerprint density at radius 3 is 2.54 bits per heavy atom. The van der Waals surface area contributed by atoms with Crippen LogP contribution in [0.4, 0.5) is 0 Å². The Morgan fingerprint density at radius 2 is 2.00 bits per heavy atom. The first-order valence-corrected chi connectivity index (χ1v) is 3.95. The number of methoxy groups -OCH3 is 1. The Kier molecular flexibility index (Phi) is 3.66. The SMILES string of the molecule is COC(=O)C(=O)NN1CCOCC1. The molecule has 1 fully saturated rings. The van der Waals surface area contributed by atoms with Gasteiger partial charge in [0.25, 0.3) is 0 Å². The largest absolute Gasteiger partial charge is 0.462 e. The fourth-order valence-corrected chi connectivity index (χ4v) is 0.957. The second kappa shape index (κ2) is 4.78. The predicted molar refractivity (Wildman–Crippen MR) is 42.6 cm³/mol. The number of amides is 1. The highest BCUT2D eigenvalue weighted by molar-refractivity contribution is 6.32. The molecule has 1 saturated heterocycles. The molecular weight excluding hydrogens is 176 g/mol. The highest BCUT2D eigenvalue weighted by Gasteiger charge is 2.18. The Balaban J connectivity index is 2.30. The summed E-state index contributed by atoms with van der Waals surface area (Å²) < 4.78 is 9.30. The van der Waals surface area contributed by atoms with Crippen LogP contribution in [-0.4, -0.2) is 50.3 Å². The number of rotatable bonds is 1. The zero-order chi connectivity index (χ0) is 9.68. The molecule has 0 aromatic rings. The van der Waals surface area contributed by atoms with Crippen molar-refractivity contribution in [1.82, 2.24) is 10.4 Å². The lowest BCUT2D eigenvalue weighted by molar-refractivity contribution is -0.156. The monoisotopic (exact) mass is 188 g/mol. The van der Waals surface area contributed by atoms with E-state index in [1.807, 2.05) is 0 Å². The minimum Gasteiger partial charge on any atom is -0.462 e. The second-order valence-corrected chi connectivity index (χ2v) is 2.53. The molecule has 1 aliphatic heterocycles. The van der Waals surface area contributed by atoms with Crippen LogP contribution >= 0.6 is 0 Å². The molecule has 0 saturated carbocycles. The normalized spacial score (nSPS) is 17.9. The van der Waals surface area contributed by atoms with Crippen molar-refractivity contribution in [2.75, 3.05) is 33.4 Å². The molecule has 1 rings (SSSR count). The lowest BCUT2D eigenvalue weighted by Gasteiger charge is -2.26. The van der Waals surface area contributed by atoms with Crippen molar-refractivity contribution in [2.45, 2.75) is 0 Å². The van der Waals surface area contributed by atoms with E-state index < -0.39 is 11.9 Å². The lowest BCUT2D eigenvalue weighted by Crippen LogP contribution is -2.50. The predicted octanol–water partition coefficient (Wildman–Crippen LogP) is -1.48. The number of carbonyl (C=O) groups excluding carboxylic acids is 2. The smallest absolute Gasteiger partial charge is 0.397 e. The average Bonchev–Trinajstić information content (AvgIpc) is 2.18. The Bertz CT molecular complexity index is 201. The maximum atomic E-state index is 11.0. The molecule has 1 N–H and O–H groups in total. The van der Waals surface area contributed by atoms with E-state index in [2.05, 4.69) is 10.2 Å². The van der Waals surface area contributed by atoms with Gasteiger partial charge >= 0.3 is 11.9 Å².